The van der Waals surface area contributed by atoms with Gasteiger partial charge >= 0.3 is 0 Å². The monoisotopic (exact) mass is 341 g/mol. The second kappa shape index (κ2) is 7.22. The lowest BCUT2D eigenvalue weighted by atomic mass is 10.0. The number of aromatic nitrogens is 2. The van der Waals surface area contributed by atoms with Crippen molar-refractivity contribution in [2.24, 2.45) is 0 Å². The number of likely N-dealkylation sites (tertiary alicyclic amines) is 1. The molecule has 1 aromatic heterocycles. The van der Waals surface area contributed by atoms with Crippen molar-refractivity contribution in [3.05, 3.63) is 10.7 Å². The van der Waals surface area contributed by atoms with Crippen LogP contribution in [-0.2, 0) is 0 Å². The Balaban J connectivity index is 2.08. The molecule has 0 bridgehead atoms. The lowest BCUT2D eigenvalue weighted by molar-refractivity contribution is 0.220. The maximum atomic E-state index is 4.62. The molecule has 6 heteroatoms. The van der Waals surface area contributed by atoms with Crippen molar-refractivity contribution in [1.29, 1.82) is 0 Å². The fourth-order valence-corrected chi connectivity index (χ4v) is 3.12. The zero-order valence-corrected chi connectivity index (χ0v) is 14.2. The van der Waals surface area contributed by atoms with Gasteiger partial charge in [-0.25, -0.2) is 4.98 Å². The molecule has 1 aliphatic rings. The van der Waals surface area contributed by atoms with Crippen molar-refractivity contribution in [2.45, 2.75) is 32.7 Å². The summed E-state index contributed by atoms with van der Waals surface area (Å²) in [7, 11) is 2.13. The molecule has 0 amide bonds. The van der Waals surface area contributed by atoms with Gasteiger partial charge in [-0.1, -0.05) is 6.92 Å². The van der Waals surface area contributed by atoms with Crippen LogP contribution in [0.2, 0.25) is 0 Å². The Morgan fingerprint density at radius 1 is 1.40 bits per heavy atom. The number of rotatable bonds is 5. The first-order chi connectivity index (χ1) is 9.65. The topological polar surface area (TPSA) is 44.3 Å². The van der Waals surface area contributed by atoms with E-state index in [4.69, 9.17) is 0 Å². The van der Waals surface area contributed by atoms with Gasteiger partial charge in [0, 0.05) is 38.9 Å². The summed E-state index contributed by atoms with van der Waals surface area (Å²) in [6.07, 6.45) is 4.21. The SMILES string of the molecule is CCNc1ncc(Br)c(N(C)C2CCN(CC)CC2)n1. The Morgan fingerprint density at radius 3 is 2.70 bits per heavy atom. The molecule has 0 aliphatic carbocycles. The molecule has 1 aromatic rings. The lowest BCUT2D eigenvalue weighted by Gasteiger charge is -2.37. The first-order valence-corrected chi connectivity index (χ1v) is 8.16. The van der Waals surface area contributed by atoms with Crippen molar-refractivity contribution in [1.82, 2.24) is 14.9 Å². The molecule has 1 N–H and O–H groups in total. The predicted molar refractivity (Wildman–Crippen MR) is 87.4 cm³/mol. The molecule has 2 heterocycles. The Labute approximate surface area is 129 Å². The standard InChI is InChI=1S/C14H24BrN5/c1-4-16-14-17-10-12(15)13(18-14)19(3)11-6-8-20(5-2)9-7-11/h10-11H,4-9H2,1-3H3,(H,16,17,18). The third-order valence-corrected chi connectivity index (χ3v) is 4.51. The average molecular weight is 342 g/mol. The quantitative estimate of drug-likeness (QED) is 0.891. The highest BCUT2D eigenvalue weighted by Gasteiger charge is 2.24. The maximum absolute atomic E-state index is 4.62. The number of halogens is 1. The van der Waals surface area contributed by atoms with Gasteiger partial charge in [0.05, 0.1) is 4.47 Å². The molecular formula is C14H24BrN5. The van der Waals surface area contributed by atoms with Crippen molar-refractivity contribution in [3.63, 3.8) is 0 Å². The third-order valence-electron chi connectivity index (χ3n) is 3.95. The second-order valence-electron chi connectivity index (χ2n) is 5.17. The third kappa shape index (κ3) is 3.61. The normalized spacial score (nSPS) is 17.2. The van der Waals surface area contributed by atoms with Crippen LogP contribution in [0.3, 0.4) is 0 Å². The van der Waals surface area contributed by atoms with Crippen LogP contribution in [0, 0.1) is 0 Å². The molecule has 0 saturated carbocycles. The summed E-state index contributed by atoms with van der Waals surface area (Å²) in [6, 6.07) is 0.554. The molecule has 1 fully saturated rings. The molecule has 0 radical (unpaired) electrons. The Morgan fingerprint density at radius 2 is 2.10 bits per heavy atom. The predicted octanol–water partition coefficient (Wildman–Crippen LogP) is 2.59. The zero-order valence-electron chi connectivity index (χ0n) is 12.6. The van der Waals surface area contributed by atoms with Crippen LogP contribution in [0.5, 0.6) is 0 Å². The summed E-state index contributed by atoms with van der Waals surface area (Å²) < 4.78 is 0.958. The Bertz CT molecular complexity index is 432. The van der Waals surface area contributed by atoms with E-state index in [9.17, 15) is 0 Å². The highest BCUT2D eigenvalue weighted by molar-refractivity contribution is 9.10. The molecule has 0 atom stereocenters. The summed E-state index contributed by atoms with van der Waals surface area (Å²) >= 11 is 3.57. The van der Waals surface area contributed by atoms with Crippen LogP contribution >= 0.6 is 15.9 Å². The number of nitrogens with one attached hydrogen (secondary N) is 1. The molecule has 112 valence electrons. The summed E-state index contributed by atoms with van der Waals surface area (Å²) in [5, 5.41) is 3.17. The Kier molecular flexibility index (Phi) is 5.60. The lowest BCUT2D eigenvalue weighted by Crippen LogP contribution is -2.43. The fraction of sp³-hybridized carbons (Fsp3) is 0.714. The molecule has 1 aliphatic heterocycles. The van der Waals surface area contributed by atoms with E-state index in [1.165, 1.54) is 25.9 Å². The fourth-order valence-electron chi connectivity index (χ4n) is 2.64. The summed E-state index contributed by atoms with van der Waals surface area (Å²) in [4.78, 5) is 13.7. The van der Waals surface area contributed by atoms with Gasteiger partial charge in [0.25, 0.3) is 0 Å². The molecule has 20 heavy (non-hydrogen) atoms. The average Bonchev–Trinajstić information content (AvgIpc) is 2.49. The summed E-state index contributed by atoms with van der Waals surface area (Å²) in [5.41, 5.74) is 0. The van der Waals surface area contributed by atoms with Crippen molar-refractivity contribution in [3.8, 4) is 0 Å². The van der Waals surface area contributed by atoms with Gasteiger partial charge in [0.1, 0.15) is 5.82 Å². The first kappa shape index (κ1) is 15.5. The van der Waals surface area contributed by atoms with E-state index in [2.05, 4.69) is 61.9 Å². The van der Waals surface area contributed by atoms with Crippen molar-refractivity contribution < 1.29 is 0 Å². The van der Waals surface area contributed by atoms with Crippen LogP contribution in [0.15, 0.2) is 10.7 Å². The van der Waals surface area contributed by atoms with Crippen LogP contribution < -0.4 is 10.2 Å². The molecule has 0 spiro atoms. The van der Waals surface area contributed by atoms with E-state index in [-0.39, 0.29) is 0 Å². The van der Waals surface area contributed by atoms with Crippen LogP contribution in [0.25, 0.3) is 0 Å². The van der Waals surface area contributed by atoms with Crippen LogP contribution in [0.4, 0.5) is 11.8 Å². The minimum Gasteiger partial charge on any atom is -0.355 e. The number of anilines is 2. The largest absolute Gasteiger partial charge is 0.355 e. The molecular weight excluding hydrogens is 318 g/mol. The zero-order chi connectivity index (χ0) is 14.5. The van der Waals surface area contributed by atoms with E-state index in [0.717, 1.165) is 23.4 Å². The van der Waals surface area contributed by atoms with Crippen molar-refractivity contribution in [2.75, 3.05) is 43.4 Å². The molecule has 1 saturated heterocycles. The number of hydrogen-bond donors (Lipinski definition) is 1. The van der Waals surface area contributed by atoms with Crippen LogP contribution in [0.1, 0.15) is 26.7 Å². The Hall–Kier alpha value is -0.880. The van der Waals surface area contributed by atoms with E-state index in [0.29, 0.717) is 12.0 Å². The van der Waals surface area contributed by atoms with E-state index in [1.807, 2.05) is 6.20 Å². The van der Waals surface area contributed by atoms with Gasteiger partial charge in [-0.15, -0.1) is 0 Å². The van der Waals surface area contributed by atoms with Gasteiger partial charge < -0.3 is 15.1 Å². The second-order valence-corrected chi connectivity index (χ2v) is 6.03. The minimum absolute atomic E-state index is 0.554. The molecule has 2 rings (SSSR count). The van der Waals surface area contributed by atoms with Crippen molar-refractivity contribution >= 4 is 27.7 Å². The molecule has 5 nitrogen and oxygen atoms in total. The van der Waals surface area contributed by atoms with Gasteiger partial charge in [0.2, 0.25) is 5.95 Å². The van der Waals surface area contributed by atoms with Gasteiger partial charge in [-0.2, -0.15) is 4.98 Å². The van der Waals surface area contributed by atoms with E-state index >= 15 is 0 Å². The van der Waals surface area contributed by atoms with Crippen LogP contribution in [-0.4, -0.2) is 54.1 Å². The highest BCUT2D eigenvalue weighted by Crippen LogP contribution is 2.27. The number of piperidine rings is 1. The summed E-state index contributed by atoms with van der Waals surface area (Å²) in [6.45, 7) is 8.61. The first-order valence-electron chi connectivity index (χ1n) is 7.37. The molecule has 0 unspecified atom stereocenters. The van der Waals surface area contributed by atoms with E-state index < -0.39 is 0 Å². The highest BCUT2D eigenvalue weighted by atomic mass is 79.9. The maximum Gasteiger partial charge on any atom is 0.224 e. The molecule has 0 aromatic carbocycles. The van der Waals surface area contributed by atoms with E-state index in [1.54, 1.807) is 0 Å². The number of nitrogens with zero attached hydrogens (tertiary/aromatic N) is 4. The van der Waals surface area contributed by atoms with Gasteiger partial charge in [-0.3, -0.25) is 0 Å². The number of hydrogen-bond acceptors (Lipinski definition) is 5. The smallest absolute Gasteiger partial charge is 0.224 e. The minimum atomic E-state index is 0.554. The van der Waals surface area contributed by atoms with Gasteiger partial charge in [0.15, 0.2) is 0 Å². The van der Waals surface area contributed by atoms with Gasteiger partial charge in [-0.05, 0) is 42.2 Å². The summed E-state index contributed by atoms with van der Waals surface area (Å²) in [5.74, 6) is 1.68.